The molecule has 5 rings (SSSR count). The Morgan fingerprint density at radius 3 is 2.22 bits per heavy atom. The van der Waals surface area contributed by atoms with E-state index in [0.717, 1.165) is 16.6 Å². The van der Waals surface area contributed by atoms with E-state index in [1.807, 2.05) is 32.0 Å². The first-order valence-electron chi connectivity index (χ1n) is 17.1. The summed E-state index contributed by atoms with van der Waals surface area (Å²) in [6, 6.07) is 12.5. The molecule has 0 spiro atoms. The molecule has 1 saturated heterocycles. The summed E-state index contributed by atoms with van der Waals surface area (Å²) >= 11 is 13.2. The summed E-state index contributed by atoms with van der Waals surface area (Å²) in [5.41, 5.74) is 8.85. The molecule has 316 valence electrons. The Labute approximate surface area is 346 Å². The average molecular weight is 905 g/mol. The molecule has 2 aromatic carbocycles. The van der Waals surface area contributed by atoms with E-state index < -0.39 is 48.1 Å². The minimum atomic E-state index is -4.19. The molecule has 7 N–H and O–H groups in total. The van der Waals surface area contributed by atoms with Crippen LogP contribution in [0.2, 0.25) is 10.0 Å². The minimum absolute atomic E-state index is 0.0738. The zero-order chi connectivity index (χ0) is 43.6. The Morgan fingerprint density at radius 1 is 0.983 bits per heavy atom. The monoisotopic (exact) mass is 903 g/mol. The van der Waals surface area contributed by atoms with Crippen molar-refractivity contribution >= 4 is 82.0 Å². The van der Waals surface area contributed by atoms with Gasteiger partial charge in [-0.15, -0.1) is 0 Å². The maximum absolute atomic E-state index is 13.9. The number of para-hydroxylation sites is 1. The highest BCUT2D eigenvalue weighted by Crippen LogP contribution is 2.36. The summed E-state index contributed by atoms with van der Waals surface area (Å²) in [6.45, 7) is 4.40. The van der Waals surface area contributed by atoms with Crippen LogP contribution in [-0.2, 0) is 41.7 Å². The smallest absolute Gasteiger partial charge is 0.269 e. The first-order chi connectivity index (χ1) is 26.9. The summed E-state index contributed by atoms with van der Waals surface area (Å²) in [7, 11) is -11.5. The molecule has 1 aliphatic rings. The first kappa shape index (κ1) is 47.9. The number of fused-ring (bicyclic) bond motifs is 1. The van der Waals surface area contributed by atoms with Gasteiger partial charge in [-0.1, -0.05) is 35.3 Å². The highest BCUT2D eigenvalue weighted by Gasteiger charge is 2.40. The van der Waals surface area contributed by atoms with Gasteiger partial charge in [0.15, 0.2) is 0 Å². The predicted molar refractivity (Wildman–Crippen MR) is 219 cm³/mol. The molecule has 58 heavy (non-hydrogen) atoms. The van der Waals surface area contributed by atoms with E-state index in [9.17, 15) is 34.8 Å². The van der Waals surface area contributed by atoms with Crippen LogP contribution < -0.4 is 21.1 Å². The van der Waals surface area contributed by atoms with Gasteiger partial charge in [0.05, 0.1) is 17.5 Å². The number of carbonyl (C=O) groups is 2. The number of nitrogens with two attached hydrogens (primary N) is 1. The maximum Gasteiger partial charge on any atom is 0.269 e. The molecule has 18 nitrogen and oxygen atoms in total. The van der Waals surface area contributed by atoms with Gasteiger partial charge >= 0.3 is 0 Å². The topological polar surface area (TPSA) is 289 Å². The van der Waals surface area contributed by atoms with Gasteiger partial charge in [-0.2, -0.15) is 21.1 Å². The number of amidine groups is 1. The minimum Gasteiger partial charge on any atom is -0.487 e. The number of aromatic nitrogens is 2. The summed E-state index contributed by atoms with van der Waals surface area (Å²) < 4.78 is 86.8. The predicted octanol–water partition coefficient (Wildman–Crippen LogP) is 3.51. The second kappa shape index (κ2) is 20.5. The Kier molecular flexibility index (Phi) is 16.9. The fraction of sp³-hybridized carbons (Fsp3) is 0.343. The molecular formula is C35H43Cl2N7O11S3. The van der Waals surface area contributed by atoms with Crippen LogP contribution in [-0.4, -0.2) is 104 Å². The third-order valence-corrected chi connectivity index (χ3v) is 10.8. The van der Waals surface area contributed by atoms with Crippen molar-refractivity contribution in [1.82, 2.24) is 24.9 Å². The molecule has 1 aliphatic heterocycles. The zero-order valence-corrected chi connectivity index (χ0v) is 35.7. The van der Waals surface area contributed by atoms with Crippen molar-refractivity contribution in [2.75, 3.05) is 32.1 Å². The van der Waals surface area contributed by atoms with Crippen LogP contribution in [0, 0.1) is 19.3 Å². The lowest BCUT2D eigenvalue weighted by Gasteiger charge is -2.24. The van der Waals surface area contributed by atoms with Crippen molar-refractivity contribution in [2.45, 2.75) is 50.7 Å². The molecule has 0 unspecified atom stereocenters. The number of benzene rings is 2. The van der Waals surface area contributed by atoms with E-state index in [2.05, 4.69) is 20.6 Å². The van der Waals surface area contributed by atoms with E-state index >= 15 is 0 Å². The Bertz CT molecular complexity index is 2450. The number of nitrogens with zero attached hydrogens (tertiary/aromatic N) is 3. The van der Waals surface area contributed by atoms with E-state index in [-0.39, 0.29) is 52.7 Å². The molecule has 23 heteroatoms. The van der Waals surface area contributed by atoms with Crippen LogP contribution in [0.5, 0.6) is 5.75 Å². The van der Waals surface area contributed by atoms with Crippen molar-refractivity contribution in [3.8, 4) is 5.75 Å². The summed E-state index contributed by atoms with van der Waals surface area (Å²) in [5.74, 6) is -0.486. The van der Waals surface area contributed by atoms with Crippen LogP contribution in [0.4, 0.5) is 0 Å². The number of rotatable bonds is 12. The molecule has 0 aliphatic carbocycles. The summed E-state index contributed by atoms with van der Waals surface area (Å²) in [6.07, 6.45) is 4.02. The van der Waals surface area contributed by atoms with Gasteiger partial charge in [-0.25, -0.2) is 13.4 Å². The highest BCUT2D eigenvalue weighted by molar-refractivity contribution is 7.89. The molecule has 0 radical (unpaired) electrons. The number of hydrogen-bond acceptors (Lipinski definition) is 12. The lowest BCUT2D eigenvalue weighted by atomic mass is 10.1. The number of amides is 2. The van der Waals surface area contributed by atoms with Crippen molar-refractivity contribution in [3.63, 3.8) is 0 Å². The fourth-order valence-electron chi connectivity index (χ4n) is 5.54. The van der Waals surface area contributed by atoms with Gasteiger partial charge in [0.2, 0.25) is 15.9 Å². The third kappa shape index (κ3) is 14.4. The lowest BCUT2D eigenvalue weighted by molar-refractivity contribution is -0.124. The second-order valence-corrected chi connectivity index (χ2v) is 18.4. The lowest BCUT2D eigenvalue weighted by Crippen LogP contribution is -2.46. The molecule has 0 bridgehead atoms. The number of pyridine rings is 2. The number of aryl methyl sites for hydroxylation is 2. The first-order valence-corrected chi connectivity index (χ1v) is 23.0. The summed E-state index contributed by atoms with van der Waals surface area (Å²) in [5, 5.41) is 14.0. The van der Waals surface area contributed by atoms with Crippen molar-refractivity contribution in [2.24, 2.45) is 5.73 Å². The third-order valence-electron chi connectivity index (χ3n) is 8.00. The average Bonchev–Trinajstić information content (AvgIpc) is 3.61. The standard InChI is InChI=1S/C33H35Cl2N7O5S.2CH4O3S/c1-19-16-20(2)41-30-22(19)6-3-8-27(30)47-18-23-24(34)10-12-28(29(23)35)48(45,46)42-15-4-7-26(42)33(44)39-14-5-13-38-32(43)25-11-9-21(17-40-25)31(36)37;2*1-5(2,3)4/h3,6,8-12,16-17,26H,4-5,7,13-15,18H2,1-2H3,(H3,36,37)(H,38,43)(H,39,44);2*1H3,(H,2,3,4)/t26-;;/m0../s1. The van der Waals surface area contributed by atoms with Gasteiger partial charge < -0.3 is 21.1 Å². The maximum atomic E-state index is 13.9. The molecular weight excluding hydrogens is 862 g/mol. The quantitative estimate of drug-likeness (QED) is 0.0514. The van der Waals surface area contributed by atoms with Crippen molar-refractivity contribution in [3.05, 3.63) is 92.9 Å². The van der Waals surface area contributed by atoms with E-state index in [4.69, 9.17) is 48.2 Å². The molecule has 2 amide bonds. The van der Waals surface area contributed by atoms with E-state index in [1.54, 1.807) is 6.07 Å². The van der Waals surface area contributed by atoms with Gasteiger partial charge in [0.25, 0.3) is 26.1 Å². The van der Waals surface area contributed by atoms with Gasteiger partial charge in [0, 0.05) is 53.1 Å². The fourth-order valence-corrected chi connectivity index (χ4v) is 8.06. The van der Waals surface area contributed by atoms with Gasteiger partial charge in [-0.3, -0.25) is 29.1 Å². The SMILES string of the molecule is CS(=O)(=O)O.CS(=O)(=O)O.Cc1cc(C)c2cccc(OCc3c(Cl)ccc(S(=O)(=O)N4CCC[C@H]4C(=O)NCCCNC(=O)c4ccc(C(=N)N)cn4)c3Cl)c2n1. The van der Waals surface area contributed by atoms with Crippen LogP contribution in [0.15, 0.2) is 59.6 Å². The van der Waals surface area contributed by atoms with Crippen molar-refractivity contribution < 1.29 is 48.7 Å². The van der Waals surface area contributed by atoms with Crippen LogP contribution in [0.3, 0.4) is 0 Å². The Morgan fingerprint density at radius 2 is 1.62 bits per heavy atom. The largest absolute Gasteiger partial charge is 0.487 e. The number of hydrogen-bond donors (Lipinski definition) is 6. The zero-order valence-electron chi connectivity index (χ0n) is 31.7. The van der Waals surface area contributed by atoms with Crippen LogP contribution in [0.25, 0.3) is 10.9 Å². The van der Waals surface area contributed by atoms with E-state index in [0.29, 0.717) is 54.2 Å². The van der Waals surface area contributed by atoms with Crippen molar-refractivity contribution in [1.29, 1.82) is 5.41 Å². The normalized spacial score (nSPS) is 14.4. The molecule has 0 saturated carbocycles. The number of ether oxygens (including phenoxy) is 1. The molecule has 1 atom stereocenters. The molecule has 2 aromatic heterocycles. The molecule has 4 aromatic rings. The van der Waals surface area contributed by atoms with Crippen LogP contribution >= 0.6 is 23.2 Å². The molecule has 1 fully saturated rings. The van der Waals surface area contributed by atoms with Gasteiger partial charge in [-0.05, 0) is 75.1 Å². The number of sulfonamides is 1. The number of nitrogen functional groups attached to an aromatic ring is 1. The highest BCUT2D eigenvalue weighted by atomic mass is 35.5. The number of halogens is 2. The number of nitrogens with one attached hydrogen (secondary N) is 3. The van der Waals surface area contributed by atoms with Crippen LogP contribution in [0.1, 0.15) is 52.1 Å². The molecule has 3 heterocycles. The van der Waals surface area contributed by atoms with Gasteiger partial charge in [0.1, 0.15) is 40.3 Å². The second-order valence-electron chi connectivity index (χ2n) is 12.8. The number of carbonyl (C=O) groups excluding carboxylic acids is 2. The Hall–Kier alpha value is -4.48. The Balaban J connectivity index is 0.000000803. The summed E-state index contributed by atoms with van der Waals surface area (Å²) in [4.78, 5) is 33.9. The van der Waals surface area contributed by atoms with E-state index in [1.165, 1.54) is 34.8 Å².